The summed E-state index contributed by atoms with van der Waals surface area (Å²) in [6.07, 6.45) is 1.48. The zero-order valence-corrected chi connectivity index (χ0v) is 20.2. The number of hydrogen-bond acceptors (Lipinski definition) is 5. The van der Waals surface area contributed by atoms with E-state index in [9.17, 15) is 9.59 Å². The van der Waals surface area contributed by atoms with Gasteiger partial charge in [0.25, 0.3) is 11.8 Å². The summed E-state index contributed by atoms with van der Waals surface area (Å²) >= 11 is 0. The number of aromatic nitrogens is 5. The van der Waals surface area contributed by atoms with Gasteiger partial charge in [-0.1, -0.05) is 24.3 Å². The zero-order chi connectivity index (χ0) is 24.3. The van der Waals surface area contributed by atoms with Gasteiger partial charge < -0.3 is 9.80 Å². The molecular weight excluding hydrogens is 442 g/mol. The third kappa shape index (κ3) is 3.58. The maximum Gasteiger partial charge on any atom is 0.275 e. The van der Waals surface area contributed by atoms with Crippen molar-refractivity contribution in [2.24, 2.45) is 7.05 Å². The van der Waals surface area contributed by atoms with Crippen LogP contribution in [0.15, 0.2) is 36.4 Å². The zero-order valence-electron chi connectivity index (χ0n) is 20.2. The Kier molecular flexibility index (Phi) is 4.94. The molecule has 0 atom stereocenters. The summed E-state index contributed by atoms with van der Waals surface area (Å²) in [6.45, 7) is 6.01. The summed E-state index contributed by atoms with van der Waals surface area (Å²) in [5.74, 6) is -0.235. The molecule has 0 spiro atoms. The fourth-order valence-corrected chi connectivity index (χ4v) is 5.31. The van der Waals surface area contributed by atoms with E-state index in [0.717, 1.165) is 29.1 Å². The molecule has 178 valence electrons. The van der Waals surface area contributed by atoms with Gasteiger partial charge in [0, 0.05) is 61.8 Å². The highest BCUT2D eigenvalue weighted by molar-refractivity contribution is 5.96. The van der Waals surface area contributed by atoms with Crippen molar-refractivity contribution in [3.05, 3.63) is 81.6 Å². The van der Waals surface area contributed by atoms with Crippen LogP contribution in [-0.2, 0) is 33.0 Å². The number of carbonyl (C=O) groups is 2. The molecule has 3 aromatic heterocycles. The van der Waals surface area contributed by atoms with Gasteiger partial charge in [-0.05, 0) is 37.5 Å². The van der Waals surface area contributed by atoms with Crippen molar-refractivity contribution >= 4 is 17.5 Å². The first-order chi connectivity index (χ1) is 16.9. The molecule has 1 aromatic carbocycles. The van der Waals surface area contributed by atoms with Gasteiger partial charge in [0.2, 0.25) is 0 Å². The number of nitrogens with zero attached hydrogens (tertiary/aromatic N) is 7. The second kappa shape index (κ2) is 8.04. The largest absolute Gasteiger partial charge is 0.333 e. The molecular formula is C26H27N7O2. The van der Waals surface area contributed by atoms with E-state index in [0.29, 0.717) is 49.6 Å². The van der Waals surface area contributed by atoms with Crippen LogP contribution >= 0.6 is 0 Å². The Balaban J connectivity index is 1.27. The molecule has 0 saturated heterocycles. The molecule has 6 rings (SSSR count). The predicted molar refractivity (Wildman–Crippen MR) is 129 cm³/mol. The molecule has 2 amide bonds. The Hall–Kier alpha value is -4.01. The van der Waals surface area contributed by atoms with Crippen LogP contribution in [0.25, 0.3) is 5.65 Å². The van der Waals surface area contributed by atoms with Crippen LogP contribution in [0.1, 0.15) is 54.7 Å². The Bertz CT molecular complexity index is 1500. The third-order valence-electron chi connectivity index (χ3n) is 7.10. The lowest BCUT2D eigenvalue weighted by atomic mass is 9.99. The Morgan fingerprint density at radius 2 is 1.63 bits per heavy atom. The van der Waals surface area contributed by atoms with Gasteiger partial charge in [0.1, 0.15) is 0 Å². The van der Waals surface area contributed by atoms with Crippen molar-refractivity contribution < 1.29 is 9.59 Å². The average molecular weight is 470 g/mol. The molecule has 0 bridgehead atoms. The lowest BCUT2D eigenvalue weighted by Gasteiger charge is -2.30. The second-order valence-corrected chi connectivity index (χ2v) is 9.46. The highest BCUT2D eigenvalue weighted by atomic mass is 16.2. The van der Waals surface area contributed by atoms with Gasteiger partial charge in [0.05, 0.1) is 6.54 Å². The van der Waals surface area contributed by atoms with Crippen molar-refractivity contribution in [2.45, 2.75) is 39.8 Å². The fourth-order valence-electron chi connectivity index (χ4n) is 5.31. The van der Waals surface area contributed by atoms with E-state index in [-0.39, 0.29) is 11.8 Å². The maximum atomic E-state index is 13.6. The van der Waals surface area contributed by atoms with E-state index >= 15 is 0 Å². The first-order valence-corrected chi connectivity index (χ1v) is 11.9. The second-order valence-electron chi connectivity index (χ2n) is 9.46. The smallest absolute Gasteiger partial charge is 0.275 e. The first kappa shape index (κ1) is 21.5. The highest BCUT2D eigenvalue weighted by Gasteiger charge is 2.33. The molecule has 5 heterocycles. The molecule has 9 nitrogen and oxygen atoms in total. The average Bonchev–Trinajstić information content (AvgIpc) is 3.44. The minimum absolute atomic E-state index is 0.0753. The summed E-state index contributed by atoms with van der Waals surface area (Å²) in [4.78, 5) is 35.1. The van der Waals surface area contributed by atoms with Gasteiger partial charge in [-0.25, -0.2) is 9.50 Å². The normalized spacial score (nSPS) is 15.3. The molecule has 2 aliphatic heterocycles. The number of amides is 2. The van der Waals surface area contributed by atoms with Crippen LogP contribution in [0.4, 0.5) is 0 Å². The van der Waals surface area contributed by atoms with Crippen molar-refractivity contribution in [3.63, 3.8) is 0 Å². The van der Waals surface area contributed by atoms with E-state index in [2.05, 4.69) is 27.3 Å². The van der Waals surface area contributed by atoms with Crippen LogP contribution in [0.5, 0.6) is 0 Å². The van der Waals surface area contributed by atoms with Crippen LogP contribution in [0.2, 0.25) is 0 Å². The van der Waals surface area contributed by atoms with Gasteiger partial charge in [-0.15, -0.1) is 0 Å². The molecule has 0 unspecified atom stereocenters. The van der Waals surface area contributed by atoms with Crippen LogP contribution in [0, 0.1) is 13.8 Å². The number of hydrogen-bond donors (Lipinski definition) is 0. The maximum absolute atomic E-state index is 13.6. The van der Waals surface area contributed by atoms with E-state index in [4.69, 9.17) is 0 Å². The van der Waals surface area contributed by atoms with Crippen molar-refractivity contribution in [3.8, 4) is 0 Å². The first-order valence-electron chi connectivity index (χ1n) is 11.9. The number of benzene rings is 1. The fraction of sp³-hybridized carbons (Fsp3) is 0.346. The molecule has 9 heteroatoms. The molecule has 0 fully saturated rings. The minimum atomic E-state index is -0.160. The summed E-state index contributed by atoms with van der Waals surface area (Å²) in [5, 5.41) is 9.11. The van der Waals surface area contributed by atoms with Crippen molar-refractivity contribution in [2.75, 3.05) is 13.1 Å². The van der Waals surface area contributed by atoms with Crippen LogP contribution in [-0.4, -0.2) is 59.1 Å². The van der Waals surface area contributed by atoms with E-state index in [1.54, 1.807) is 20.2 Å². The molecule has 0 radical (unpaired) electrons. The predicted octanol–water partition coefficient (Wildman–Crippen LogP) is 2.48. The standard InChI is InChI=1S/C26H27N7O2/c1-16-12-17(2)33-23(27-16)13-21(28-33)25(34)32-11-9-22-20(15-32)24(29-30(22)3)26(35)31-10-8-18-6-4-5-7-19(18)14-31/h4-7,12-13H,8-11,14-15H2,1-3H3. The SMILES string of the molecule is Cc1cc(C)n2nc(C(=O)N3CCc4c(c(C(=O)N5CCc6ccccc6C5)nn4C)C3)cc2n1. The lowest BCUT2D eigenvalue weighted by molar-refractivity contribution is 0.0700. The number of rotatable bonds is 2. The number of aryl methyl sites for hydroxylation is 3. The Morgan fingerprint density at radius 1 is 0.886 bits per heavy atom. The quantitative estimate of drug-likeness (QED) is 0.450. The summed E-state index contributed by atoms with van der Waals surface area (Å²) < 4.78 is 3.49. The van der Waals surface area contributed by atoms with E-state index in [1.807, 2.05) is 44.0 Å². The summed E-state index contributed by atoms with van der Waals surface area (Å²) in [6, 6.07) is 11.9. The molecule has 4 aromatic rings. The molecule has 0 saturated carbocycles. The van der Waals surface area contributed by atoms with E-state index < -0.39 is 0 Å². The molecule has 35 heavy (non-hydrogen) atoms. The third-order valence-corrected chi connectivity index (χ3v) is 7.10. The number of carbonyl (C=O) groups excluding carboxylic acids is 2. The van der Waals surface area contributed by atoms with Crippen LogP contribution in [0.3, 0.4) is 0 Å². The Morgan fingerprint density at radius 3 is 2.46 bits per heavy atom. The summed E-state index contributed by atoms with van der Waals surface area (Å²) in [7, 11) is 1.87. The molecule has 2 aliphatic rings. The van der Waals surface area contributed by atoms with Crippen molar-refractivity contribution in [1.82, 2.24) is 34.2 Å². The summed E-state index contributed by atoms with van der Waals surface area (Å²) in [5.41, 5.74) is 7.60. The van der Waals surface area contributed by atoms with E-state index in [1.165, 1.54) is 11.1 Å². The monoisotopic (exact) mass is 469 g/mol. The van der Waals surface area contributed by atoms with Gasteiger partial charge >= 0.3 is 0 Å². The highest BCUT2D eigenvalue weighted by Crippen LogP contribution is 2.27. The van der Waals surface area contributed by atoms with Gasteiger partial charge in [-0.2, -0.15) is 10.2 Å². The minimum Gasteiger partial charge on any atom is -0.333 e. The Labute approximate surface area is 203 Å². The van der Waals surface area contributed by atoms with Crippen LogP contribution < -0.4 is 0 Å². The number of fused-ring (bicyclic) bond motifs is 3. The van der Waals surface area contributed by atoms with Gasteiger partial charge in [-0.3, -0.25) is 14.3 Å². The topological polar surface area (TPSA) is 88.6 Å². The molecule has 0 N–H and O–H groups in total. The lowest BCUT2D eigenvalue weighted by Crippen LogP contribution is -2.39. The molecule has 0 aliphatic carbocycles. The van der Waals surface area contributed by atoms with Crippen molar-refractivity contribution in [1.29, 1.82) is 0 Å². The van der Waals surface area contributed by atoms with Gasteiger partial charge in [0.15, 0.2) is 17.0 Å².